The molecule has 3 heterocycles. The van der Waals surface area contributed by atoms with Crippen molar-refractivity contribution in [1.82, 2.24) is 24.8 Å². The van der Waals surface area contributed by atoms with E-state index in [1.807, 2.05) is 100 Å². The molecule has 5 rings (SSSR count). The first kappa shape index (κ1) is 28.7. The first-order chi connectivity index (χ1) is 20.1. The largest absolute Gasteiger partial charge is 0.457 e. The molecule has 4 aromatic rings. The molecule has 1 fully saturated rings. The van der Waals surface area contributed by atoms with Gasteiger partial charge in [-0.2, -0.15) is 0 Å². The topological polar surface area (TPSA) is 129 Å². The number of amides is 1. The van der Waals surface area contributed by atoms with Gasteiger partial charge in [-0.05, 0) is 77.1 Å². The van der Waals surface area contributed by atoms with Crippen LogP contribution in [0.1, 0.15) is 40.4 Å². The Morgan fingerprint density at radius 3 is 2.33 bits per heavy atom. The van der Waals surface area contributed by atoms with Crippen LogP contribution < -0.4 is 10.1 Å². The van der Waals surface area contributed by atoms with Crippen molar-refractivity contribution in [2.75, 3.05) is 18.4 Å². The number of carbonyl (C=O) groups is 1. The molecule has 1 aliphatic heterocycles. The molecule has 11 heteroatoms. The Kier molecular flexibility index (Phi) is 8.19. The van der Waals surface area contributed by atoms with Gasteiger partial charge in [-0.3, -0.25) is 10.3 Å². The van der Waals surface area contributed by atoms with E-state index in [0.29, 0.717) is 30.4 Å². The Hall–Kier alpha value is -4.80. The van der Waals surface area contributed by atoms with E-state index in [2.05, 4.69) is 15.3 Å². The van der Waals surface area contributed by atoms with Crippen molar-refractivity contribution >= 4 is 34.7 Å². The van der Waals surface area contributed by atoms with Crippen LogP contribution >= 0.6 is 0 Å². The summed E-state index contributed by atoms with van der Waals surface area (Å²) in [6.07, 6.45) is 1.46. The molecule has 0 saturated carbocycles. The first-order valence-electron chi connectivity index (χ1n) is 14.0. The number of aromatic amines is 1. The summed E-state index contributed by atoms with van der Waals surface area (Å²) in [6, 6.07) is 18.8. The van der Waals surface area contributed by atoms with E-state index in [0.717, 1.165) is 22.6 Å². The summed E-state index contributed by atoms with van der Waals surface area (Å²) in [5, 5.41) is 12.8. The Balaban J connectivity index is 1.22. The molecule has 1 saturated heterocycles. The van der Waals surface area contributed by atoms with Crippen LogP contribution in [0.15, 0.2) is 66.9 Å². The van der Waals surface area contributed by atoms with Crippen molar-refractivity contribution in [2.45, 2.75) is 58.9 Å². The number of rotatable bonds is 6. The van der Waals surface area contributed by atoms with Crippen molar-refractivity contribution in [3.8, 4) is 11.5 Å². The quantitative estimate of drug-likeness (QED) is 0.182. The van der Waals surface area contributed by atoms with Gasteiger partial charge < -0.3 is 29.4 Å². The van der Waals surface area contributed by atoms with E-state index < -0.39 is 5.60 Å². The summed E-state index contributed by atoms with van der Waals surface area (Å²) >= 11 is 0. The zero-order valence-corrected chi connectivity index (χ0v) is 24.5. The number of para-hydroxylation sites is 1. The molecule has 3 N–H and O–H groups in total. The van der Waals surface area contributed by atoms with Crippen LogP contribution in [0, 0.1) is 5.41 Å². The van der Waals surface area contributed by atoms with Crippen LogP contribution in [0.25, 0.3) is 11.0 Å². The lowest BCUT2D eigenvalue weighted by molar-refractivity contribution is -0.00947. The molecule has 11 nitrogen and oxygen atoms in total. The van der Waals surface area contributed by atoms with Gasteiger partial charge in [0.1, 0.15) is 28.6 Å². The number of H-pyrrole nitrogens is 1. The average molecular weight is 572 g/mol. The molecular formula is C31H37N7O4. The van der Waals surface area contributed by atoms with Gasteiger partial charge in [-0.25, -0.2) is 14.8 Å². The Morgan fingerprint density at radius 1 is 1.00 bits per heavy atom. The predicted molar refractivity (Wildman–Crippen MR) is 161 cm³/mol. The number of amidine groups is 1. The average Bonchev–Trinajstić information content (AvgIpc) is 3.41. The summed E-state index contributed by atoms with van der Waals surface area (Å²) < 4.78 is 17.3. The Labute approximate surface area is 245 Å². The highest BCUT2D eigenvalue weighted by atomic mass is 16.6. The second kappa shape index (κ2) is 12.0. The maximum atomic E-state index is 12.7. The third-order valence-electron chi connectivity index (χ3n) is 6.71. The smallest absolute Gasteiger partial charge is 0.410 e. The molecule has 0 aliphatic carbocycles. The van der Waals surface area contributed by atoms with Gasteiger partial charge in [0.2, 0.25) is 0 Å². The summed E-state index contributed by atoms with van der Waals surface area (Å²) in [5.74, 6) is 2.54. The third-order valence-corrected chi connectivity index (χ3v) is 6.71. The van der Waals surface area contributed by atoms with E-state index in [-0.39, 0.29) is 30.8 Å². The maximum Gasteiger partial charge on any atom is 0.410 e. The van der Waals surface area contributed by atoms with E-state index in [1.54, 1.807) is 11.1 Å². The number of nitrogens with zero attached hydrogens (tertiary/aromatic N) is 4. The van der Waals surface area contributed by atoms with Gasteiger partial charge in [0.15, 0.2) is 12.4 Å². The highest BCUT2D eigenvalue weighted by Crippen LogP contribution is 2.27. The van der Waals surface area contributed by atoms with Crippen LogP contribution in [-0.4, -0.2) is 67.6 Å². The number of piperazine rings is 1. The number of benzene rings is 2. The van der Waals surface area contributed by atoms with Gasteiger partial charge in [0.25, 0.3) is 6.02 Å². The number of aromatic nitrogens is 3. The van der Waals surface area contributed by atoms with Gasteiger partial charge >= 0.3 is 6.09 Å². The SMILES string of the molecule is C[C@@H]1CN(C(=N)OCc2nc(Nc3ccc(Oc4ccccc4)cc3)c3cc[nH]c3n2)C[C@H](C)N1C(=O)OC(C)(C)C. The number of ether oxygens (including phenoxy) is 3. The Bertz CT molecular complexity index is 1520. The lowest BCUT2D eigenvalue weighted by Gasteiger charge is -2.44. The molecule has 1 aliphatic rings. The van der Waals surface area contributed by atoms with Crippen LogP contribution in [0.3, 0.4) is 0 Å². The zero-order chi connectivity index (χ0) is 29.9. The number of nitrogens with one attached hydrogen (secondary N) is 3. The van der Waals surface area contributed by atoms with Crippen molar-refractivity contribution in [3.63, 3.8) is 0 Å². The maximum absolute atomic E-state index is 12.7. The fourth-order valence-corrected chi connectivity index (χ4v) is 4.90. The van der Waals surface area contributed by atoms with Crippen LogP contribution in [0.2, 0.25) is 0 Å². The van der Waals surface area contributed by atoms with E-state index in [4.69, 9.17) is 24.6 Å². The van der Waals surface area contributed by atoms with Crippen LogP contribution in [-0.2, 0) is 16.1 Å². The normalized spacial score (nSPS) is 17.2. The highest BCUT2D eigenvalue weighted by molar-refractivity contribution is 5.89. The minimum Gasteiger partial charge on any atom is -0.457 e. The number of hydrogen-bond acceptors (Lipinski definition) is 8. The van der Waals surface area contributed by atoms with E-state index in [9.17, 15) is 4.79 Å². The number of fused-ring (bicyclic) bond motifs is 1. The summed E-state index contributed by atoms with van der Waals surface area (Å²) in [7, 11) is 0. The van der Waals surface area contributed by atoms with E-state index >= 15 is 0 Å². The van der Waals surface area contributed by atoms with Crippen LogP contribution in [0.4, 0.5) is 16.3 Å². The summed E-state index contributed by atoms with van der Waals surface area (Å²) in [4.78, 5) is 28.7. The fraction of sp³-hybridized carbons (Fsp3) is 0.355. The lowest BCUT2D eigenvalue weighted by atomic mass is 10.1. The molecule has 2 aromatic heterocycles. The fourth-order valence-electron chi connectivity index (χ4n) is 4.90. The number of carbonyl (C=O) groups excluding carboxylic acids is 1. The van der Waals surface area contributed by atoms with Crippen LogP contribution in [0.5, 0.6) is 11.5 Å². The Morgan fingerprint density at radius 2 is 1.67 bits per heavy atom. The predicted octanol–water partition coefficient (Wildman–Crippen LogP) is 6.27. The third kappa shape index (κ3) is 6.91. The lowest BCUT2D eigenvalue weighted by Crippen LogP contribution is -2.60. The van der Waals surface area contributed by atoms with Gasteiger partial charge in [0.05, 0.1) is 17.5 Å². The van der Waals surface area contributed by atoms with Gasteiger partial charge in [-0.1, -0.05) is 18.2 Å². The summed E-state index contributed by atoms with van der Waals surface area (Å²) in [6.45, 7) is 10.4. The minimum atomic E-state index is -0.572. The first-order valence-corrected chi connectivity index (χ1v) is 14.0. The molecular weight excluding hydrogens is 534 g/mol. The highest BCUT2D eigenvalue weighted by Gasteiger charge is 2.36. The molecule has 0 spiro atoms. The monoisotopic (exact) mass is 571 g/mol. The minimum absolute atomic E-state index is 0.0104. The molecule has 0 radical (unpaired) electrons. The molecule has 2 aromatic carbocycles. The number of anilines is 2. The second-order valence-electron chi connectivity index (χ2n) is 11.4. The van der Waals surface area contributed by atoms with Crippen molar-refractivity contribution in [3.05, 3.63) is 72.7 Å². The zero-order valence-electron chi connectivity index (χ0n) is 24.5. The molecule has 0 unspecified atom stereocenters. The molecule has 1 amide bonds. The summed E-state index contributed by atoms with van der Waals surface area (Å²) in [5.41, 5.74) is 0.925. The van der Waals surface area contributed by atoms with Crippen molar-refractivity contribution in [2.24, 2.45) is 0 Å². The van der Waals surface area contributed by atoms with E-state index in [1.165, 1.54) is 0 Å². The van der Waals surface area contributed by atoms with Crippen molar-refractivity contribution in [1.29, 1.82) is 5.41 Å². The molecule has 42 heavy (non-hydrogen) atoms. The van der Waals surface area contributed by atoms with Crippen molar-refractivity contribution < 1.29 is 19.0 Å². The second-order valence-corrected chi connectivity index (χ2v) is 11.4. The molecule has 220 valence electrons. The molecule has 0 bridgehead atoms. The molecule has 2 atom stereocenters. The number of hydrogen-bond donors (Lipinski definition) is 3. The van der Waals surface area contributed by atoms with Gasteiger partial charge in [-0.15, -0.1) is 0 Å². The standard InChI is InChI=1S/C31H37N7O4/c1-20-17-37(18-21(2)38(20)30(39)42-31(3,4)5)29(32)40-19-26-35-27-25(15-16-33-27)28(36-26)34-22-11-13-24(14-12-22)41-23-9-7-6-8-10-23/h6-16,20-21,32H,17-19H2,1-5H3,(H2,33,34,35,36)/t20-,21+. The van der Waals surface area contributed by atoms with Gasteiger partial charge in [0, 0.05) is 25.0 Å².